The van der Waals surface area contributed by atoms with E-state index in [1.165, 1.54) is 5.56 Å². The highest BCUT2D eigenvalue weighted by Gasteiger charge is 2.17. The second-order valence-electron chi connectivity index (χ2n) is 3.34. The minimum absolute atomic E-state index is 0.0173. The number of rotatable bonds is 1. The van der Waals surface area contributed by atoms with E-state index < -0.39 is 0 Å². The molecule has 1 atom stereocenters. The van der Waals surface area contributed by atoms with Crippen molar-refractivity contribution in [1.29, 1.82) is 0 Å². The average Bonchev–Trinajstić information content (AvgIpc) is 2.53. The zero-order valence-corrected chi connectivity index (χ0v) is 7.66. The molecule has 0 aliphatic carbocycles. The van der Waals surface area contributed by atoms with E-state index in [1.807, 2.05) is 0 Å². The van der Waals surface area contributed by atoms with Crippen LogP contribution >= 0.6 is 0 Å². The Morgan fingerprint density at radius 1 is 1.38 bits per heavy atom. The summed E-state index contributed by atoms with van der Waals surface area (Å²) in [4.78, 5) is 5.03. The Hall–Kier alpha value is -1.31. The van der Waals surface area contributed by atoms with Gasteiger partial charge in [0.05, 0.1) is 5.71 Å². The molecule has 0 saturated carbocycles. The highest BCUT2D eigenvalue weighted by molar-refractivity contribution is 6.01. The van der Waals surface area contributed by atoms with Crippen LogP contribution in [0, 0.1) is 13.8 Å². The summed E-state index contributed by atoms with van der Waals surface area (Å²) >= 11 is 0. The number of hydrogen-bond acceptors (Lipinski definition) is 2. The van der Waals surface area contributed by atoms with Crippen LogP contribution in [0.5, 0.6) is 0 Å². The lowest BCUT2D eigenvalue weighted by Crippen LogP contribution is -2.03. The van der Waals surface area contributed by atoms with Crippen molar-refractivity contribution >= 4 is 5.71 Å². The summed E-state index contributed by atoms with van der Waals surface area (Å²) in [6, 6.07) is 8.29. The predicted octanol–water partition coefficient (Wildman–Crippen LogP) is 2.32. The van der Waals surface area contributed by atoms with Crippen LogP contribution in [-0.2, 0) is 4.84 Å². The van der Waals surface area contributed by atoms with Crippen LogP contribution in [0.1, 0.15) is 17.5 Å². The second kappa shape index (κ2) is 3.21. The van der Waals surface area contributed by atoms with Crippen molar-refractivity contribution in [2.45, 2.75) is 19.4 Å². The Balaban J connectivity index is 2.22. The molecule has 0 N–H and O–H groups in total. The van der Waals surface area contributed by atoms with Crippen LogP contribution in [0.25, 0.3) is 0 Å². The van der Waals surface area contributed by atoms with Gasteiger partial charge in [-0.15, -0.1) is 0 Å². The minimum atomic E-state index is -0.0173. The summed E-state index contributed by atoms with van der Waals surface area (Å²) < 4.78 is 0. The topological polar surface area (TPSA) is 21.6 Å². The van der Waals surface area contributed by atoms with E-state index in [2.05, 4.69) is 43.3 Å². The highest BCUT2D eigenvalue weighted by atomic mass is 16.6. The predicted molar refractivity (Wildman–Crippen MR) is 52.6 cm³/mol. The van der Waals surface area contributed by atoms with Crippen LogP contribution in [0.3, 0.4) is 0 Å². The molecule has 13 heavy (non-hydrogen) atoms. The minimum Gasteiger partial charge on any atom is -0.392 e. The van der Waals surface area contributed by atoms with E-state index in [0.29, 0.717) is 0 Å². The van der Waals surface area contributed by atoms with Crippen molar-refractivity contribution in [3.8, 4) is 0 Å². The number of nitrogens with zero attached hydrogens (tertiary/aromatic N) is 1. The molecule has 0 saturated heterocycles. The van der Waals surface area contributed by atoms with Gasteiger partial charge in [-0.25, -0.2) is 0 Å². The van der Waals surface area contributed by atoms with Gasteiger partial charge in [0.2, 0.25) is 0 Å². The molecule has 1 heterocycles. The summed E-state index contributed by atoms with van der Waals surface area (Å²) in [7, 11) is 0. The van der Waals surface area contributed by atoms with Crippen molar-refractivity contribution in [3.05, 3.63) is 42.3 Å². The van der Waals surface area contributed by atoms with Crippen LogP contribution in [0.2, 0.25) is 0 Å². The Morgan fingerprint density at radius 2 is 2.08 bits per heavy atom. The maximum absolute atomic E-state index is 5.03. The van der Waals surface area contributed by atoms with Crippen molar-refractivity contribution in [3.63, 3.8) is 0 Å². The molecule has 1 aromatic carbocycles. The molecule has 0 bridgehead atoms. The Bertz CT molecular complexity index is 326. The van der Waals surface area contributed by atoms with E-state index in [0.717, 1.165) is 17.7 Å². The quantitative estimate of drug-likeness (QED) is 0.640. The highest BCUT2D eigenvalue weighted by Crippen LogP contribution is 2.15. The van der Waals surface area contributed by atoms with E-state index >= 15 is 0 Å². The zero-order chi connectivity index (χ0) is 9.26. The lowest BCUT2D eigenvalue weighted by atomic mass is 10.0. The van der Waals surface area contributed by atoms with Crippen LogP contribution in [0.4, 0.5) is 0 Å². The van der Waals surface area contributed by atoms with Crippen LogP contribution < -0.4 is 0 Å². The molecule has 0 amide bonds. The molecule has 67 valence electrons. The van der Waals surface area contributed by atoms with Gasteiger partial charge < -0.3 is 4.84 Å². The molecular formula is C11H12NO. The lowest BCUT2D eigenvalue weighted by molar-refractivity contribution is 0.118. The fourth-order valence-corrected chi connectivity index (χ4v) is 1.34. The molecule has 2 nitrogen and oxygen atoms in total. The molecule has 1 unspecified atom stereocenters. The molecule has 0 spiro atoms. The molecular weight excluding hydrogens is 162 g/mol. The number of aryl methyl sites for hydroxylation is 1. The van der Waals surface area contributed by atoms with Gasteiger partial charge in [-0.3, -0.25) is 0 Å². The monoisotopic (exact) mass is 174 g/mol. The SMILES string of the molecule is [CH2]C1CC(c2ccc(C)cc2)=NO1. The van der Waals surface area contributed by atoms with Crippen LogP contribution in [0.15, 0.2) is 29.4 Å². The van der Waals surface area contributed by atoms with E-state index in [4.69, 9.17) is 4.84 Å². The fourth-order valence-electron chi connectivity index (χ4n) is 1.34. The van der Waals surface area contributed by atoms with Crippen molar-refractivity contribution < 1.29 is 4.84 Å². The summed E-state index contributed by atoms with van der Waals surface area (Å²) in [5.41, 5.74) is 3.39. The number of benzene rings is 1. The lowest BCUT2D eigenvalue weighted by Gasteiger charge is -1.99. The van der Waals surface area contributed by atoms with Crippen molar-refractivity contribution in [2.24, 2.45) is 5.16 Å². The zero-order valence-electron chi connectivity index (χ0n) is 7.66. The van der Waals surface area contributed by atoms with Crippen molar-refractivity contribution in [1.82, 2.24) is 0 Å². The first-order valence-corrected chi connectivity index (χ1v) is 4.38. The maximum atomic E-state index is 5.03. The Kier molecular flexibility index (Phi) is 2.05. The third-order valence-corrected chi connectivity index (χ3v) is 2.12. The summed E-state index contributed by atoms with van der Waals surface area (Å²) in [6.07, 6.45) is 0.791. The number of oxime groups is 1. The summed E-state index contributed by atoms with van der Waals surface area (Å²) in [6.45, 7) is 5.86. The fraction of sp³-hybridized carbons (Fsp3) is 0.273. The Morgan fingerprint density at radius 3 is 2.62 bits per heavy atom. The van der Waals surface area contributed by atoms with E-state index in [1.54, 1.807) is 0 Å². The first-order valence-electron chi connectivity index (χ1n) is 4.38. The molecule has 1 radical (unpaired) electrons. The third kappa shape index (κ3) is 1.72. The van der Waals surface area contributed by atoms with Gasteiger partial charge in [0.1, 0.15) is 6.10 Å². The van der Waals surface area contributed by atoms with Gasteiger partial charge in [0.25, 0.3) is 0 Å². The molecule has 2 heteroatoms. The number of hydrogen-bond donors (Lipinski definition) is 0. The van der Waals surface area contributed by atoms with Gasteiger partial charge in [-0.1, -0.05) is 35.0 Å². The maximum Gasteiger partial charge on any atom is 0.133 e. The summed E-state index contributed by atoms with van der Waals surface area (Å²) in [5, 5.41) is 3.97. The molecule has 0 fully saturated rings. The first-order chi connectivity index (χ1) is 6.25. The van der Waals surface area contributed by atoms with E-state index in [-0.39, 0.29) is 6.10 Å². The molecule has 0 aromatic heterocycles. The Labute approximate surface area is 78.2 Å². The van der Waals surface area contributed by atoms with Gasteiger partial charge in [0, 0.05) is 6.42 Å². The second-order valence-corrected chi connectivity index (χ2v) is 3.34. The molecule has 2 rings (SSSR count). The smallest absolute Gasteiger partial charge is 0.133 e. The molecule has 1 aliphatic heterocycles. The standard InChI is InChI=1S/C11H12NO/c1-8-3-5-10(6-4-8)11-7-9(2)13-12-11/h3-6,9H,2,7H2,1H3. The van der Waals surface area contributed by atoms with Gasteiger partial charge >= 0.3 is 0 Å². The summed E-state index contributed by atoms with van der Waals surface area (Å²) in [5.74, 6) is 0. The van der Waals surface area contributed by atoms with Crippen molar-refractivity contribution in [2.75, 3.05) is 0 Å². The first kappa shape index (κ1) is 8.30. The average molecular weight is 174 g/mol. The van der Waals surface area contributed by atoms with Gasteiger partial charge in [-0.2, -0.15) is 0 Å². The third-order valence-electron chi connectivity index (χ3n) is 2.12. The van der Waals surface area contributed by atoms with Crippen LogP contribution in [-0.4, -0.2) is 11.8 Å². The normalized spacial score (nSPS) is 21.1. The molecule has 1 aromatic rings. The molecule has 1 aliphatic rings. The van der Waals surface area contributed by atoms with Gasteiger partial charge in [0.15, 0.2) is 0 Å². The largest absolute Gasteiger partial charge is 0.392 e. The van der Waals surface area contributed by atoms with E-state index in [9.17, 15) is 0 Å². The van der Waals surface area contributed by atoms with Gasteiger partial charge in [-0.05, 0) is 19.4 Å².